The van der Waals surface area contributed by atoms with Gasteiger partial charge in [0.1, 0.15) is 17.6 Å². The van der Waals surface area contributed by atoms with E-state index in [1.165, 1.54) is 0 Å². The summed E-state index contributed by atoms with van der Waals surface area (Å²) in [6.45, 7) is 4.34. The van der Waals surface area contributed by atoms with E-state index in [1.54, 1.807) is 0 Å². The van der Waals surface area contributed by atoms with Crippen molar-refractivity contribution >= 4 is 17.5 Å². The van der Waals surface area contributed by atoms with Gasteiger partial charge in [-0.2, -0.15) is 0 Å². The minimum Gasteiger partial charge on any atom is -0.487 e. The van der Waals surface area contributed by atoms with Gasteiger partial charge in [-0.05, 0) is 62.8 Å². The van der Waals surface area contributed by atoms with Crippen LogP contribution in [0.5, 0.6) is 11.5 Å². The summed E-state index contributed by atoms with van der Waals surface area (Å²) in [5.74, 6) is 1.36. The summed E-state index contributed by atoms with van der Waals surface area (Å²) >= 11 is 0. The molecular weight excluding hydrogens is 502 g/mol. The van der Waals surface area contributed by atoms with E-state index in [1.807, 2.05) is 77.3 Å². The molecule has 0 radical (unpaired) electrons. The first-order valence-corrected chi connectivity index (χ1v) is 15.2. The van der Waals surface area contributed by atoms with Crippen LogP contribution in [0.4, 0.5) is 5.69 Å². The molecule has 4 rings (SSSR count). The van der Waals surface area contributed by atoms with E-state index in [9.17, 15) is 9.59 Å². The zero-order valence-electron chi connectivity index (χ0n) is 24.6. The Morgan fingerprint density at radius 3 is 2.50 bits per heavy atom. The number of carbonyl (C=O) groups is 2. The van der Waals surface area contributed by atoms with E-state index in [2.05, 4.69) is 6.92 Å². The van der Waals surface area contributed by atoms with E-state index in [-0.39, 0.29) is 30.6 Å². The van der Waals surface area contributed by atoms with Gasteiger partial charge in [-0.1, -0.05) is 50.8 Å². The fourth-order valence-corrected chi connectivity index (χ4v) is 5.91. The molecule has 2 aromatic carbocycles. The van der Waals surface area contributed by atoms with Crippen molar-refractivity contribution in [1.82, 2.24) is 9.80 Å². The largest absolute Gasteiger partial charge is 0.487 e. The molecule has 1 aliphatic carbocycles. The number of anilines is 1. The number of ether oxygens (including phenoxy) is 2. The number of para-hydroxylation sites is 1. The van der Waals surface area contributed by atoms with Crippen molar-refractivity contribution in [1.29, 1.82) is 0 Å². The number of rotatable bonds is 6. The Kier molecular flexibility index (Phi) is 11.1. The highest BCUT2D eigenvalue weighted by Gasteiger charge is 2.35. The number of amides is 2. The molecule has 218 valence electrons. The van der Waals surface area contributed by atoms with Gasteiger partial charge in [0.2, 0.25) is 0 Å². The van der Waals surface area contributed by atoms with Crippen LogP contribution >= 0.6 is 0 Å². The summed E-state index contributed by atoms with van der Waals surface area (Å²) in [6, 6.07) is 15.4. The fraction of sp³-hybridized carbons (Fsp3) is 0.576. The van der Waals surface area contributed by atoms with Crippen LogP contribution in [0.2, 0.25) is 0 Å². The Bertz CT molecular complexity index is 1100. The van der Waals surface area contributed by atoms with Crippen LogP contribution < -0.4 is 14.4 Å². The van der Waals surface area contributed by atoms with Crippen LogP contribution in [0.1, 0.15) is 81.5 Å². The van der Waals surface area contributed by atoms with Crippen molar-refractivity contribution < 1.29 is 19.1 Å². The third-order valence-electron chi connectivity index (χ3n) is 8.09. The van der Waals surface area contributed by atoms with Gasteiger partial charge in [0.05, 0.1) is 11.6 Å². The van der Waals surface area contributed by atoms with Gasteiger partial charge in [0, 0.05) is 45.5 Å². The fourth-order valence-electron chi connectivity index (χ4n) is 5.91. The monoisotopic (exact) mass is 549 g/mol. The Hall–Kier alpha value is -3.22. The van der Waals surface area contributed by atoms with E-state index < -0.39 is 0 Å². The smallest absolute Gasteiger partial charge is 0.260 e. The first-order valence-electron chi connectivity index (χ1n) is 15.2. The van der Waals surface area contributed by atoms with Crippen molar-refractivity contribution in [2.75, 3.05) is 45.2 Å². The molecule has 0 N–H and O–H groups in total. The summed E-state index contributed by atoms with van der Waals surface area (Å²) in [5.41, 5.74) is 1.66. The van der Waals surface area contributed by atoms with E-state index in [4.69, 9.17) is 9.47 Å². The van der Waals surface area contributed by atoms with Crippen LogP contribution in [0, 0.1) is 0 Å². The number of nitrogens with zero attached hydrogens (tertiary/aromatic N) is 3. The number of carbonyl (C=O) groups excluding carboxylic acids is 2. The zero-order valence-corrected chi connectivity index (χ0v) is 24.6. The SMILES string of the molecule is CCCN1CCCCCCCN(C(=O)COc2cccc(N(C)C)c2)[C@@H]2CCCC[C@@H]2Oc2ccccc2C1=O. The molecule has 2 atom stereocenters. The first kappa shape index (κ1) is 29.8. The molecule has 1 heterocycles. The standard InChI is InChI=1S/C33H47N3O4/c1-4-21-35-22-12-6-5-7-13-23-36(32(37)25-39-27-16-14-15-26(24-27)34(2)3)29-18-9-11-20-31(29)40-30-19-10-8-17-28(30)33(35)38/h8,10,14-17,19,24,29,31H,4-7,9,11-13,18,20-23,25H2,1-3H3/t29-,31+/m1/s1. The molecule has 0 saturated heterocycles. The molecule has 1 saturated carbocycles. The Morgan fingerprint density at radius 2 is 1.70 bits per heavy atom. The second-order valence-electron chi connectivity index (χ2n) is 11.3. The molecule has 1 fully saturated rings. The minimum atomic E-state index is -0.159. The van der Waals surface area contributed by atoms with Crippen LogP contribution in [0.3, 0.4) is 0 Å². The lowest BCUT2D eigenvalue weighted by atomic mass is 9.90. The van der Waals surface area contributed by atoms with Crippen molar-refractivity contribution in [2.45, 2.75) is 83.3 Å². The highest BCUT2D eigenvalue weighted by atomic mass is 16.5. The van der Waals surface area contributed by atoms with Crippen LogP contribution in [-0.2, 0) is 4.79 Å². The summed E-state index contributed by atoms with van der Waals surface area (Å²) in [6.07, 6.45) is 9.83. The molecule has 2 aromatic rings. The Labute approximate surface area is 240 Å². The molecule has 7 heteroatoms. The normalized spacial score (nSPS) is 20.8. The molecule has 0 spiro atoms. The number of benzene rings is 2. The molecular formula is C33H47N3O4. The number of hydrogen-bond donors (Lipinski definition) is 0. The Morgan fingerprint density at radius 1 is 0.950 bits per heavy atom. The average molecular weight is 550 g/mol. The highest BCUT2D eigenvalue weighted by molar-refractivity contribution is 5.97. The summed E-state index contributed by atoms with van der Waals surface area (Å²) < 4.78 is 12.7. The topological polar surface area (TPSA) is 62.3 Å². The quantitative estimate of drug-likeness (QED) is 0.432. The van der Waals surface area contributed by atoms with Gasteiger partial charge < -0.3 is 24.2 Å². The lowest BCUT2D eigenvalue weighted by molar-refractivity contribution is -0.139. The molecule has 2 aliphatic rings. The summed E-state index contributed by atoms with van der Waals surface area (Å²) in [5, 5.41) is 0. The van der Waals surface area contributed by atoms with E-state index in [0.29, 0.717) is 23.6 Å². The minimum absolute atomic E-state index is 0.00114. The molecule has 40 heavy (non-hydrogen) atoms. The third kappa shape index (κ3) is 7.92. The van der Waals surface area contributed by atoms with Gasteiger partial charge in [-0.3, -0.25) is 9.59 Å². The molecule has 7 nitrogen and oxygen atoms in total. The number of fused-ring (bicyclic) bond motifs is 2. The first-order chi connectivity index (χ1) is 19.5. The highest BCUT2D eigenvalue weighted by Crippen LogP contribution is 2.31. The van der Waals surface area contributed by atoms with Crippen molar-refractivity contribution in [2.24, 2.45) is 0 Å². The maximum absolute atomic E-state index is 13.7. The number of hydrogen-bond acceptors (Lipinski definition) is 5. The molecule has 0 bridgehead atoms. The van der Waals surface area contributed by atoms with Crippen LogP contribution in [0.15, 0.2) is 48.5 Å². The maximum atomic E-state index is 13.7. The van der Waals surface area contributed by atoms with Gasteiger partial charge in [0.15, 0.2) is 6.61 Å². The van der Waals surface area contributed by atoms with Gasteiger partial charge in [0.25, 0.3) is 11.8 Å². The molecule has 0 aromatic heterocycles. The van der Waals surface area contributed by atoms with Crippen molar-refractivity contribution in [3.8, 4) is 11.5 Å². The summed E-state index contributed by atoms with van der Waals surface area (Å²) in [7, 11) is 3.98. The van der Waals surface area contributed by atoms with Crippen molar-refractivity contribution in [3.63, 3.8) is 0 Å². The van der Waals surface area contributed by atoms with E-state index >= 15 is 0 Å². The lowest BCUT2D eigenvalue weighted by Crippen LogP contribution is -2.52. The predicted molar refractivity (Wildman–Crippen MR) is 160 cm³/mol. The van der Waals surface area contributed by atoms with Crippen LogP contribution in [0.25, 0.3) is 0 Å². The maximum Gasteiger partial charge on any atom is 0.260 e. The zero-order chi connectivity index (χ0) is 28.3. The summed E-state index contributed by atoms with van der Waals surface area (Å²) in [4.78, 5) is 33.4. The van der Waals surface area contributed by atoms with Crippen molar-refractivity contribution in [3.05, 3.63) is 54.1 Å². The van der Waals surface area contributed by atoms with Crippen LogP contribution in [-0.4, -0.2) is 74.1 Å². The van der Waals surface area contributed by atoms with Gasteiger partial charge in [-0.25, -0.2) is 0 Å². The molecule has 0 unspecified atom stereocenters. The third-order valence-corrected chi connectivity index (χ3v) is 8.09. The van der Waals surface area contributed by atoms with E-state index in [0.717, 1.165) is 83.0 Å². The average Bonchev–Trinajstić information content (AvgIpc) is 2.97. The predicted octanol–water partition coefficient (Wildman–Crippen LogP) is 6.17. The molecule has 1 aliphatic heterocycles. The molecule has 2 amide bonds. The Balaban J connectivity index is 1.57. The second kappa shape index (κ2) is 15.0. The second-order valence-corrected chi connectivity index (χ2v) is 11.3. The lowest BCUT2D eigenvalue weighted by Gasteiger charge is -2.40. The van der Waals surface area contributed by atoms with Gasteiger partial charge in [-0.15, -0.1) is 0 Å². The van der Waals surface area contributed by atoms with Gasteiger partial charge >= 0.3 is 0 Å².